The molecule has 0 unspecified atom stereocenters. The summed E-state index contributed by atoms with van der Waals surface area (Å²) in [6.45, 7) is 2.10. The van der Waals surface area contributed by atoms with Crippen molar-refractivity contribution in [1.82, 2.24) is 5.48 Å². The normalized spacial score (nSPS) is 10.0. The number of rotatable bonds is 5. The maximum atomic E-state index is 12.1. The van der Waals surface area contributed by atoms with E-state index in [2.05, 4.69) is 12.4 Å². The lowest BCUT2D eigenvalue weighted by molar-refractivity contribution is 0.0229. The van der Waals surface area contributed by atoms with Gasteiger partial charge in [0.1, 0.15) is 0 Å². The molecule has 0 saturated carbocycles. The Balaban J connectivity index is 1.99. The lowest BCUT2D eigenvalue weighted by Gasteiger charge is -2.09. The van der Waals surface area contributed by atoms with Gasteiger partial charge < -0.3 is 4.84 Å². The molecule has 2 aromatic carbocycles. The number of carbonyl (C=O) groups excluding carboxylic acids is 2. The second kappa shape index (κ2) is 7.98. The maximum Gasteiger partial charge on any atom is 0.363 e. The molecule has 1 amide bonds. The van der Waals surface area contributed by atoms with Crippen LogP contribution in [-0.4, -0.2) is 11.9 Å². The Morgan fingerprint density at radius 3 is 2.41 bits per heavy atom. The van der Waals surface area contributed by atoms with E-state index < -0.39 is 11.9 Å². The molecule has 22 heavy (non-hydrogen) atoms. The molecule has 0 aliphatic rings. The van der Waals surface area contributed by atoms with E-state index in [0.29, 0.717) is 11.1 Å². The minimum atomic E-state index is -0.545. The smallest absolute Gasteiger partial charge is 0.335 e. The maximum absolute atomic E-state index is 12.1. The van der Waals surface area contributed by atoms with Gasteiger partial charge in [0.2, 0.25) is 0 Å². The first-order valence-corrected chi connectivity index (χ1v) is 7.37. The number of hydrogen-bond donors (Lipinski definition) is 1. The third kappa shape index (κ3) is 4.19. The molecule has 0 spiro atoms. The van der Waals surface area contributed by atoms with E-state index in [0.717, 1.165) is 24.8 Å². The van der Waals surface area contributed by atoms with Gasteiger partial charge in [-0.25, -0.2) is 4.79 Å². The van der Waals surface area contributed by atoms with Gasteiger partial charge in [-0.05, 0) is 36.6 Å². The Labute approximate surface area is 130 Å². The van der Waals surface area contributed by atoms with Crippen LogP contribution in [0.25, 0.3) is 0 Å². The number of unbranched alkanes of at least 4 members (excludes halogenated alkanes) is 1. The van der Waals surface area contributed by atoms with E-state index in [1.54, 1.807) is 36.4 Å². The molecule has 0 aliphatic heterocycles. The van der Waals surface area contributed by atoms with Crippen molar-refractivity contribution >= 4 is 11.9 Å². The fraction of sp³-hybridized carbons (Fsp3) is 0.222. The summed E-state index contributed by atoms with van der Waals surface area (Å²) in [5.41, 5.74) is 4.06. The van der Waals surface area contributed by atoms with Gasteiger partial charge in [-0.1, -0.05) is 49.7 Å². The van der Waals surface area contributed by atoms with Crippen molar-refractivity contribution in [3.8, 4) is 0 Å². The number of carbonyl (C=O) groups is 2. The number of amides is 1. The van der Waals surface area contributed by atoms with Gasteiger partial charge in [-0.3, -0.25) is 4.79 Å². The van der Waals surface area contributed by atoms with Crippen LogP contribution in [0, 0.1) is 0 Å². The molecule has 114 valence electrons. The van der Waals surface area contributed by atoms with Crippen molar-refractivity contribution in [1.29, 1.82) is 0 Å². The summed E-state index contributed by atoms with van der Waals surface area (Å²) in [6, 6.07) is 15.9. The highest BCUT2D eigenvalue weighted by atomic mass is 16.7. The van der Waals surface area contributed by atoms with Gasteiger partial charge in [-0.15, -0.1) is 0 Å². The van der Waals surface area contributed by atoms with E-state index >= 15 is 0 Å². The van der Waals surface area contributed by atoms with Crippen molar-refractivity contribution in [3.05, 3.63) is 71.3 Å². The lowest BCUT2D eigenvalue weighted by Crippen LogP contribution is -2.27. The van der Waals surface area contributed by atoms with Gasteiger partial charge in [-0.2, -0.15) is 5.48 Å². The molecule has 0 heterocycles. The van der Waals surface area contributed by atoms with Crippen LogP contribution in [0.2, 0.25) is 0 Å². The largest absolute Gasteiger partial charge is 0.363 e. The lowest BCUT2D eigenvalue weighted by atomic mass is 10.0. The number of nitrogens with one attached hydrogen (secondary N) is 1. The molecule has 0 aromatic heterocycles. The van der Waals surface area contributed by atoms with Gasteiger partial charge in [0.15, 0.2) is 0 Å². The van der Waals surface area contributed by atoms with E-state index in [9.17, 15) is 9.59 Å². The minimum Gasteiger partial charge on any atom is -0.335 e. The molecule has 4 heteroatoms. The Morgan fingerprint density at radius 1 is 1.00 bits per heavy atom. The molecule has 1 N–H and O–H groups in total. The zero-order valence-electron chi connectivity index (χ0n) is 12.5. The topological polar surface area (TPSA) is 55.4 Å². The average Bonchev–Trinajstić information content (AvgIpc) is 2.58. The van der Waals surface area contributed by atoms with Crippen molar-refractivity contribution in [2.24, 2.45) is 0 Å². The fourth-order valence-corrected chi connectivity index (χ4v) is 2.10. The second-order valence-corrected chi connectivity index (χ2v) is 4.95. The van der Waals surface area contributed by atoms with Crippen LogP contribution < -0.4 is 5.48 Å². The van der Waals surface area contributed by atoms with E-state index in [4.69, 9.17) is 4.84 Å². The van der Waals surface area contributed by atoms with Crippen molar-refractivity contribution in [2.75, 3.05) is 0 Å². The second-order valence-electron chi connectivity index (χ2n) is 4.95. The van der Waals surface area contributed by atoms with Crippen LogP contribution >= 0.6 is 0 Å². The van der Waals surface area contributed by atoms with Crippen LogP contribution in [0.1, 0.15) is 46.0 Å². The molecule has 0 radical (unpaired) electrons. The van der Waals surface area contributed by atoms with Gasteiger partial charge in [0.25, 0.3) is 5.91 Å². The quantitative estimate of drug-likeness (QED) is 0.859. The van der Waals surface area contributed by atoms with Crippen LogP contribution in [0.15, 0.2) is 54.6 Å². The molecular formula is C18H19NO3. The first kappa shape index (κ1) is 15.8. The molecule has 2 rings (SSSR count). The summed E-state index contributed by atoms with van der Waals surface area (Å²) in [5.74, 6) is -0.990. The summed E-state index contributed by atoms with van der Waals surface area (Å²) in [6.07, 6.45) is 2.86. The highest BCUT2D eigenvalue weighted by Gasteiger charge is 2.14. The first-order chi connectivity index (χ1) is 10.7. The summed E-state index contributed by atoms with van der Waals surface area (Å²) in [4.78, 5) is 28.9. The van der Waals surface area contributed by atoms with Crippen molar-refractivity contribution in [3.63, 3.8) is 0 Å². The zero-order chi connectivity index (χ0) is 15.8. The fourth-order valence-electron chi connectivity index (χ4n) is 2.10. The number of benzene rings is 2. The third-order valence-electron chi connectivity index (χ3n) is 3.31. The Kier molecular flexibility index (Phi) is 5.72. The summed E-state index contributed by atoms with van der Waals surface area (Å²) >= 11 is 0. The molecule has 0 fully saturated rings. The Hall–Kier alpha value is -2.62. The van der Waals surface area contributed by atoms with Crippen molar-refractivity contribution < 1.29 is 14.4 Å². The van der Waals surface area contributed by atoms with Crippen molar-refractivity contribution in [2.45, 2.75) is 26.2 Å². The molecule has 4 nitrogen and oxygen atoms in total. The predicted octanol–water partition coefficient (Wildman–Crippen LogP) is 3.53. The van der Waals surface area contributed by atoms with Gasteiger partial charge in [0.05, 0.1) is 5.56 Å². The number of hydrogen-bond acceptors (Lipinski definition) is 3. The highest BCUT2D eigenvalue weighted by molar-refractivity contribution is 5.96. The average molecular weight is 297 g/mol. The molecular weight excluding hydrogens is 278 g/mol. The summed E-state index contributed by atoms with van der Waals surface area (Å²) < 4.78 is 0. The number of aryl methyl sites for hydroxylation is 1. The SMILES string of the molecule is CCCCc1ccccc1C(=O)ONC(=O)c1ccccc1. The minimum absolute atomic E-state index is 0.439. The zero-order valence-corrected chi connectivity index (χ0v) is 12.5. The molecule has 0 aliphatic carbocycles. The van der Waals surface area contributed by atoms with Gasteiger partial charge >= 0.3 is 5.97 Å². The molecule has 0 saturated heterocycles. The van der Waals surface area contributed by atoms with E-state index in [1.165, 1.54) is 0 Å². The monoisotopic (exact) mass is 297 g/mol. The van der Waals surface area contributed by atoms with E-state index in [1.807, 2.05) is 18.2 Å². The van der Waals surface area contributed by atoms with Gasteiger partial charge in [0, 0.05) is 5.56 Å². The standard InChI is InChI=1S/C18H19NO3/c1-2-3-9-14-10-7-8-13-16(14)18(21)22-19-17(20)15-11-5-4-6-12-15/h4-8,10-13H,2-3,9H2,1H3,(H,19,20). The van der Waals surface area contributed by atoms with Crippen LogP contribution in [0.5, 0.6) is 0 Å². The van der Waals surface area contributed by atoms with Crippen LogP contribution in [0.4, 0.5) is 0 Å². The Morgan fingerprint density at radius 2 is 1.68 bits per heavy atom. The molecule has 0 bridgehead atoms. The predicted molar refractivity (Wildman–Crippen MR) is 84.4 cm³/mol. The first-order valence-electron chi connectivity index (χ1n) is 7.37. The van der Waals surface area contributed by atoms with Crippen LogP contribution in [-0.2, 0) is 11.3 Å². The van der Waals surface area contributed by atoms with E-state index in [-0.39, 0.29) is 0 Å². The molecule has 0 atom stereocenters. The third-order valence-corrected chi connectivity index (χ3v) is 3.31. The number of hydroxylamine groups is 1. The summed E-state index contributed by atoms with van der Waals surface area (Å²) in [7, 11) is 0. The summed E-state index contributed by atoms with van der Waals surface area (Å²) in [5, 5.41) is 0. The highest BCUT2D eigenvalue weighted by Crippen LogP contribution is 2.13. The Bertz CT molecular complexity index is 638. The van der Waals surface area contributed by atoms with Crippen LogP contribution in [0.3, 0.4) is 0 Å². The molecule has 2 aromatic rings.